The van der Waals surface area contributed by atoms with Gasteiger partial charge in [0.15, 0.2) is 5.11 Å². The van der Waals surface area contributed by atoms with Crippen molar-refractivity contribution in [2.24, 2.45) is 0 Å². The zero-order valence-corrected chi connectivity index (χ0v) is 14.5. The first kappa shape index (κ1) is 16.8. The maximum absolute atomic E-state index is 6.00. The van der Waals surface area contributed by atoms with Gasteiger partial charge in [0.05, 0.1) is 10.0 Å². The summed E-state index contributed by atoms with van der Waals surface area (Å²) in [6.07, 6.45) is 3.56. The molecule has 1 saturated heterocycles. The van der Waals surface area contributed by atoms with E-state index in [1.807, 2.05) is 6.07 Å². The summed E-state index contributed by atoms with van der Waals surface area (Å²) >= 11 is 17.3. The van der Waals surface area contributed by atoms with Crippen LogP contribution >= 0.6 is 35.4 Å². The minimum absolute atomic E-state index is 0.410. The van der Waals surface area contributed by atoms with Crippen LogP contribution in [0.5, 0.6) is 0 Å². The Hall–Kier alpha value is -0.550. The number of hydrogen-bond acceptors (Lipinski definition) is 2. The van der Waals surface area contributed by atoms with E-state index in [2.05, 4.69) is 22.5 Å². The molecular formula is C15H21Cl2N3S. The van der Waals surface area contributed by atoms with E-state index < -0.39 is 0 Å². The number of likely N-dealkylation sites (tertiary alicyclic amines) is 1. The number of thiocarbonyl (C=S) groups is 1. The van der Waals surface area contributed by atoms with Gasteiger partial charge in [0.2, 0.25) is 0 Å². The van der Waals surface area contributed by atoms with Gasteiger partial charge < -0.3 is 15.5 Å². The maximum atomic E-state index is 6.00. The van der Waals surface area contributed by atoms with E-state index >= 15 is 0 Å². The van der Waals surface area contributed by atoms with Crippen LogP contribution in [0.2, 0.25) is 10.0 Å². The third-order valence-electron chi connectivity index (χ3n) is 3.56. The highest BCUT2D eigenvalue weighted by molar-refractivity contribution is 7.80. The van der Waals surface area contributed by atoms with Crippen LogP contribution in [-0.2, 0) is 0 Å². The van der Waals surface area contributed by atoms with Gasteiger partial charge in [-0.05, 0) is 62.8 Å². The van der Waals surface area contributed by atoms with Crippen LogP contribution in [0, 0.1) is 0 Å². The summed E-state index contributed by atoms with van der Waals surface area (Å²) < 4.78 is 0. The van der Waals surface area contributed by atoms with Gasteiger partial charge in [-0.3, -0.25) is 0 Å². The summed E-state index contributed by atoms with van der Waals surface area (Å²) in [7, 11) is 0. The van der Waals surface area contributed by atoms with E-state index in [0.29, 0.717) is 21.2 Å². The Morgan fingerprint density at radius 3 is 2.90 bits per heavy atom. The molecule has 2 rings (SSSR count). The molecule has 0 amide bonds. The zero-order valence-electron chi connectivity index (χ0n) is 12.2. The molecule has 1 aromatic carbocycles. The van der Waals surface area contributed by atoms with Crippen molar-refractivity contribution in [1.82, 2.24) is 10.2 Å². The number of halogens is 2. The topological polar surface area (TPSA) is 27.3 Å². The summed E-state index contributed by atoms with van der Waals surface area (Å²) in [5.74, 6) is 0. The number of nitrogens with one attached hydrogen (secondary N) is 2. The molecule has 1 fully saturated rings. The predicted octanol–water partition coefficient (Wildman–Crippen LogP) is 4.15. The lowest BCUT2D eigenvalue weighted by Gasteiger charge is -2.33. The average Bonchev–Trinajstić information content (AvgIpc) is 2.43. The SMILES string of the molecule is CCCN1CCCC(NC(=S)Nc2ccc(Cl)c(Cl)c2)C1. The van der Waals surface area contributed by atoms with Crippen LogP contribution in [0.25, 0.3) is 0 Å². The van der Waals surface area contributed by atoms with Crippen LogP contribution in [0.3, 0.4) is 0 Å². The number of piperidine rings is 1. The largest absolute Gasteiger partial charge is 0.358 e. The van der Waals surface area contributed by atoms with E-state index in [9.17, 15) is 0 Å². The Balaban J connectivity index is 1.84. The van der Waals surface area contributed by atoms with Gasteiger partial charge in [0.25, 0.3) is 0 Å². The second-order valence-corrected chi connectivity index (χ2v) is 6.59. The van der Waals surface area contributed by atoms with Gasteiger partial charge in [-0.25, -0.2) is 0 Å². The first-order valence-corrected chi connectivity index (χ1v) is 8.50. The molecule has 21 heavy (non-hydrogen) atoms. The molecule has 2 N–H and O–H groups in total. The van der Waals surface area contributed by atoms with Gasteiger partial charge in [-0.2, -0.15) is 0 Å². The van der Waals surface area contributed by atoms with Crippen molar-refractivity contribution in [2.45, 2.75) is 32.2 Å². The van der Waals surface area contributed by atoms with Gasteiger partial charge in [-0.15, -0.1) is 0 Å². The van der Waals surface area contributed by atoms with Gasteiger partial charge in [0, 0.05) is 18.3 Å². The molecule has 1 unspecified atom stereocenters. The standard InChI is InChI=1S/C15H21Cl2N3S/c1-2-7-20-8-3-4-12(10-20)19-15(21)18-11-5-6-13(16)14(17)9-11/h5-6,9,12H,2-4,7-8,10H2,1H3,(H2,18,19,21). The van der Waals surface area contributed by atoms with Crippen molar-refractivity contribution in [2.75, 3.05) is 25.0 Å². The number of rotatable bonds is 4. The van der Waals surface area contributed by atoms with Crippen molar-refractivity contribution in [3.63, 3.8) is 0 Å². The van der Waals surface area contributed by atoms with E-state index in [1.54, 1.807) is 12.1 Å². The molecule has 6 heteroatoms. The Bertz CT molecular complexity index is 494. The number of benzene rings is 1. The first-order chi connectivity index (χ1) is 10.1. The second-order valence-electron chi connectivity index (χ2n) is 5.37. The summed E-state index contributed by atoms with van der Waals surface area (Å²) in [6, 6.07) is 5.82. The van der Waals surface area contributed by atoms with Crippen LogP contribution in [0.4, 0.5) is 5.69 Å². The molecule has 1 aliphatic rings. The van der Waals surface area contributed by atoms with E-state index in [4.69, 9.17) is 35.4 Å². The zero-order chi connectivity index (χ0) is 15.2. The average molecular weight is 346 g/mol. The molecular weight excluding hydrogens is 325 g/mol. The summed E-state index contributed by atoms with van der Waals surface area (Å²) in [6.45, 7) is 5.62. The van der Waals surface area contributed by atoms with E-state index in [0.717, 1.165) is 25.2 Å². The van der Waals surface area contributed by atoms with Crippen LogP contribution in [0.1, 0.15) is 26.2 Å². The van der Waals surface area contributed by atoms with Crippen molar-refractivity contribution in [1.29, 1.82) is 0 Å². The highest BCUT2D eigenvalue weighted by Crippen LogP contribution is 2.25. The molecule has 116 valence electrons. The lowest BCUT2D eigenvalue weighted by molar-refractivity contribution is 0.201. The molecule has 0 spiro atoms. The Kier molecular flexibility index (Phi) is 6.55. The highest BCUT2D eigenvalue weighted by Gasteiger charge is 2.19. The quantitative estimate of drug-likeness (QED) is 0.801. The van der Waals surface area contributed by atoms with Gasteiger partial charge in [0.1, 0.15) is 0 Å². The Morgan fingerprint density at radius 1 is 1.38 bits per heavy atom. The molecule has 0 radical (unpaired) electrons. The van der Waals surface area contributed by atoms with E-state index in [-0.39, 0.29) is 0 Å². The third-order valence-corrected chi connectivity index (χ3v) is 4.52. The molecule has 1 aliphatic heterocycles. The number of nitrogens with zero attached hydrogens (tertiary/aromatic N) is 1. The molecule has 0 aliphatic carbocycles. The summed E-state index contributed by atoms with van der Waals surface area (Å²) in [4.78, 5) is 2.49. The molecule has 0 bridgehead atoms. The van der Waals surface area contributed by atoms with Gasteiger partial charge >= 0.3 is 0 Å². The Morgan fingerprint density at radius 2 is 2.19 bits per heavy atom. The summed E-state index contributed by atoms with van der Waals surface area (Å²) in [5, 5.41) is 8.26. The fraction of sp³-hybridized carbons (Fsp3) is 0.533. The molecule has 0 saturated carbocycles. The number of anilines is 1. The predicted molar refractivity (Wildman–Crippen MR) is 95.6 cm³/mol. The number of hydrogen-bond donors (Lipinski definition) is 2. The molecule has 0 aromatic heterocycles. The molecule has 1 heterocycles. The first-order valence-electron chi connectivity index (χ1n) is 7.33. The summed E-state index contributed by atoms with van der Waals surface area (Å²) in [5.41, 5.74) is 0.850. The van der Waals surface area contributed by atoms with E-state index in [1.165, 1.54) is 19.4 Å². The van der Waals surface area contributed by atoms with Crippen molar-refractivity contribution in [3.8, 4) is 0 Å². The Labute approximate surface area is 142 Å². The van der Waals surface area contributed by atoms with Crippen molar-refractivity contribution in [3.05, 3.63) is 28.2 Å². The van der Waals surface area contributed by atoms with Crippen molar-refractivity contribution < 1.29 is 0 Å². The molecule has 3 nitrogen and oxygen atoms in total. The minimum atomic E-state index is 0.410. The fourth-order valence-corrected chi connectivity index (χ4v) is 3.20. The van der Waals surface area contributed by atoms with Crippen molar-refractivity contribution >= 4 is 46.2 Å². The second kappa shape index (κ2) is 8.18. The molecule has 1 aromatic rings. The van der Waals surface area contributed by atoms with Crippen LogP contribution in [0.15, 0.2) is 18.2 Å². The minimum Gasteiger partial charge on any atom is -0.358 e. The molecule has 1 atom stereocenters. The normalized spacial score (nSPS) is 19.3. The lowest BCUT2D eigenvalue weighted by Crippen LogP contribution is -2.48. The lowest BCUT2D eigenvalue weighted by atomic mass is 10.1. The van der Waals surface area contributed by atoms with Crippen LogP contribution < -0.4 is 10.6 Å². The maximum Gasteiger partial charge on any atom is 0.171 e. The third kappa shape index (κ3) is 5.29. The highest BCUT2D eigenvalue weighted by atomic mass is 35.5. The monoisotopic (exact) mass is 345 g/mol. The van der Waals surface area contributed by atoms with Crippen LogP contribution in [-0.4, -0.2) is 35.7 Å². The smallest absolute Gasteiger partial charge is 0.171 e. The van der Waals surface area contributed by atoms with Gasteiger partial charge in [-0.1, -0.05) is 30.1 Å². The fourth-order valence-electron chi connectivity index (χ4n) is 2.62.